The minimum atomic E-state index is -0.431. The molecule has 0 aliphatic carbocycles. The van der Waals surface area contributed by atoms with Crippen molar-refractivity contribution < 1.29 is 9.72 Å². The van der Waals surface area contributed by atoms with Gasteiger partial charge in [-0.1, -0.05) is 42.0 Å². The van der Waals surface area contributed by atoms with E-state index in [0.29, 0.717) is 12.0 Å². The predicted molar refractivity (Wildman–Crippen MR) is 82.1 cm³/mol. The number of Topliss-reactive ketones (excluding diaryl/α,β-unsaturated/α-hetero) is 1. The second-order valence-corrected chi connectivity index (χ2v) is 4.81. The molecule has 0 amide bonds. The maximum Gasteiger partial charge on any atom is 0.269 e. The molecular formula is C17H15NO3. The Bertz CT molecular complexity index is 673. The maximum absolute atomic E-state index is 12.1. The monoisotopic (exact) mass is 281 g/mol. The Balaban J connectivity index is 2.07. The van der Waals surface area contributed by atoms with Crippen LogP contribution in [0.4, 0.5) is 5.69 Å². The van der Waals surface area contributed by atoms with Gasteiger partial charge < -0.3 is 0 Å². The first-order chi connectivity index (χ1) is 10.1. The van der Waals surface area contributed by atoms with Crippen LogP contribution in [0.25, 0.3) is 6.08 Å². The van der Waals surface area contributed by atoms with Gasteiger partial charge in [0.1, 0.15) is 0 Å². The summed E-state index contributed by atoms with van der Waals surface area (Å²) in [4.78, 5) is 22.2. The summed E-state index contributed by atoms with van der Waals surface area (Å²) >= 11 is 0. The molecule has 4 nitrogen and oxygen atoms in total. The smallest absolute Gasteiger partial charge is 0.269 e. The zero-order valence-corrected chi connectivity index (χ0v) is 11.7. The van der Waals surface area contributed by atoms with Crippen molar-refractivity contribution in [2.45, 2.75) is 13.3 Å². The Morgan fingerprint density at radius 3 is 2.29 bits per heavy atom. The van der Waals surface area contributed by atoms with E-state index in [2.05, 4.69) is 0 Å². The summed E-state index contributed by atoms with van der Waals surface area (Å²) < 4.78 is 0. The van der Waals surface area contributed by atoms with Crippen molar-refractivity contribution in [3.63, 3.8) is 0 Å². The molecule has 0 N–H and O–H groups in total. The fourth-order valence-electron chi connectivity index (χ4n) is 2.01. The molecule has 0 heterocycles. The quantitative estimate of drug-likeness (QED) is 0.467. The van der Waals surface area contributed by atoms with E-state index in [4.69, 9.17) is 0 Å². The third-order valence-corrected chi connectivity index (χ3v) is 3.05. The number of carbonyl (C=O) groups excluding carboxylic acids is 1. The average molecular weight is 281 g/mol. The van der Waals surface area contributed by atoms with Crippen LogP contribution in [0, 0.1) is 10.1 Å². The number of benzene rings is 2. The molecule has 0 atom stereocenters. The average Bonchev–Trinajstić information content (AvgIpc) is 2.48. The normalized spacial score (nSPS) is 11.2. The van der Waals surface area contributed by atoms with E-state index in [0.717, 1.165) is 11.1 Å². The minimum Gasteiger partial charge on any atom is -0.294 e. The third-order valence-electron chi connectivity index (χ3n) is 3.05. The first-order valence-corrected chi connectivity index (χ1v) is 6.56. The van der Waals surface area contributed by atoms with Gasteiger partial charge >= 0.3 is 0 Å². The molecule has 0 aliphatic heterocycles. The van der Waals surface area contributed by atoms with Crippen molar-refractivity contribution in [2.75, 3.05) is 0 Å². The fraction of sp³-hybridized carbons (Fsp3) is 0.118. The largest absolute Gasteiger partial charge is 0.294 e. The van der Waals surface area contributed by atoms with Gasteiger partial charge in [0, 0.05) is 24.1 Å². The summed E-state index contributed by atoms with van der Waals surface area (Å²) in [6, 6.07) is 15.4. The number of rotatable bonds is 5. The topological polar surface area (TPSA) is 60.2 Å². The summed E-state index contributed by atoms with van der Waals surface area (Å²) in [6.45, 7) is 1.88. The van der Waals surface area contributed by atoms with E-state index in [1.165, 1.54) is 12.1 Å². The number of non-ortho nitro benzene ring substituents is 1. The molecule has 0 aliphatic rings. The van der Waals surface area contributed by atoms with Crippen LogP contribution in [0.15, 0.2) is 60.2 Å². The van der Waals surface area contributed by atoms with Crippen molar-refractivity contribution in [3.05, 3.63) is 81.4 Å². The van der Waals surface area contributed by atoms with Crippen molar-refractivity contribution in [2.24, 2.45) is 0 Å². The lowest BCUT2D eigenvalue weighted by atomic mass is 10.0. The molecule has 2 aromatic rings. The lowest BCUT2D eigenvalue weighted by molar-refractivity contribution is -0.384. The van der Waals surface area contributed by atoms with E-state index < -0.39 is 4.92 Å². The first kappa shape index (κ1) is 14.7. The summed E-state index contributed by atoms with van der Waals surface area (Å²) in [5, 5.41) is 10.6. The molecule has 0 bridgehead atoms. The predicted octanol–water partition coefficient (Wildman–Crippen LogP) is 4.27. The Morgan fingerprint density at radius 2 is 1.71 bits per heavy atom. The van der Waals surface area contributed by atoms with Gasteiger partial charge in [0.05, 0.1) is 4.92 Å². The van der Waals surface area contributed by atoms with E-state index in [1.807, 2.05) is 31.2 Å². The van der Waals surface area contributed by atoms with Gasteiger partial charge in [-0.05, 0) is 24.6 Å². The SMILES string of the molecule is C/C(=C/c1ccc([N+](=O)[O-])cc1)CC(=O)c1ccccc1. The minimum absolute atomic E-state index is 0.0603. The highest BCUT2D eigenvalue weighted by atomic mass is 16.6. The zero-order valence-electron chi connectivity index (χ0n) is 11.7. The number of nitro benzene ring substituents is 1. The lowest BCUT2D eigenvalue weighted by Gasteiger charge is -2.02. The molecule has 0 fully saturated rings. The second-order valence-electron chi connectivity index (χ2n) is 4.81. The molecule has 2 rings (SSSR count). The number of hydrogen-bond acceptors (Lipinski definition) is 3. The Morgan fingerprint density at radius 1 is 1.10 bits per heavy atom. The van der Waals surface area contributed by atoms with Gasteiger partial charge in [-0.2, -0.15) is 0 Å². The number of hydrogen-bond donors (Lipinski definition) is 0. The molecule has 2 aromatic carbocycles. The highest BCUT2D eigenvalue weighted by molar-refractivity contribution is 5.97. The van der Waals surface area contributed by atoms with Crippen LogP contribution in [-0.4, -0.2) is 10.7 Å². The number of carbonyl (C=O) groups is 1. The number of allylic oxidation sites excluding steroid dienone is 1. The van der Waals surface area contributed by atoms with Crippen LogP contribution >= 0.6 is 0 Å². The van der Waals surface area contributed by atoms with Gasteiger partial charge in [-0.3, -0.25) is 14.9 Å². The van der Waals surface area contributed by atoms with Crippen LogP contribution in [-0.2, 0) is 0 Å². The number of ketones is 1. The molecular weight excluding hydrogens is 266 g/mol. The van der Waals surface area contributed by atoms with Crippen LogP contribution < -0.4 is 0 Å². The van der Waals surface area contributed by atoms with Crippen LogP contribution in [0.1, 0.15) is 29.3 Å². The Labute approximate surface area is 122 Å². The summed E-state index contributed by atoms with van der Waals surface area (Å²) in [5.41, 5.74) is 2.51. The van der Waals surface area contributed by atoms with Crippen molar-refractivity contribution in [3.8, 4) is 0 Å². The number of nitro groups is 1. The molecule has 0 saturated heterocycles. The maximum atomic E-state index is 12.1. The van der Waals surface area contributed by atoms with Crippen LogP contribution in [0.5, 0.6) is 0 Å². The standard InChI is InChI=1S/C17H15NO3/c1-13(12-17(19)15-5-3-2-4-6-15)11-14-7-9-16(10-8-14)18(20)21/h2-11H,12H2,1H3/b13-11-. The van der Waals surface area contributed by atoms with Gasteiger partial charge in [0.2, 0.25) is 0 Å². The summed E-state index contributed by atoms with van der Waals surface area (Å²) in [5.74, 6) is 0.0614. The highest BCUT2D eigenvalue weighted by Gasteiger charge is 2.06. The van der Waals surface area contributed by atoms with E-state index >= 15 is 0 Å². The molecule has 0 saturated carbocycles. The molecule has 0 spiro atoms. The first-order valence-electron chi connectivity index (χ1n) is 6.56. The van der Waals surface area contributed by atoms with Crippen LogP contribution in [0.2, 0.25) is 0 Å². The van der Waals surface area contributed by atoms with E-state index in [9.17, 15) is 14.9 Å². The van der Waals surface area contributed by atoms with Gasteiger partial charge in [0.25, 0.3) is 5.69 Å². The van der Waals surface area contributed by atoms with Crippen LogP contribution in [0.3, 0.4) is 0 Å². The summed E-state index contributed by atoms with van der Waals surface area (Å²) in [6.07, 6.45) is 2.20. The van der Waals surface area contributed by atoms with Crippen molar-refractivity contribution in [1.29, 1.82) is 0 Å². The van der Waals surface area contributed by atoms with E-state index in [-0.39, 0.29) is 11.5 Å². The lowest BCUT2D eigenvalue weighted by Crippen LogP contribution is -1.99. The van der Waals surface area contributed by atoms with Gasteiger partial charge in [-0.15, -0.1) is 0 Å². The Kier molecular flexibility index (Phi) is 4.61. The van der Waals surface area contributed by atoms with Gasteiger partial charge in [-0.25, -0.2) is 0 Å². The number of nitrogens with zero attached hydrogens (tertiary/aromatic N) is 1. The summed E-state index contributed by atoms with van der Waals surface area (Å²) in [7, 11) is 0. The fourth-order valence-corrected chi connectivity index (χ4v) is 2.01. The Hall–Kier alpha value is -2.75. The molecule has 0 unspecified atom stereocenters. The van der Waals surface area contributed by atoms with Crippen molar-refractivity contribution in [1.82, 2.24) is 0 Å². The molecule has 0 radical (unpaired) electrons. The molecule has 4 heteroatoms. The second kappa shape index (κ2) is 6.61. The van der Waals surface area contributed by atoms with Gasteiger partial charge in [0.15, 0.2) is 5.78 Å². The van der Waals surface area contributed by atoms with Crippen molar-refractivity contribution >= 4 is 17.5 Å². The molecule has 0 aromatic heterocycles. The van der Waals surface area contributed by atoms with E-state index in [1.54, 1.807) is 24.3 Å². The molecule has 21 heavy (non-hydrogen) atoms. The zero-order chi connectivity index (χ0) is 15.2. The third kappa shape index (κ3) is 4.11. The highest BCUT2D eigenvalue weighted by Crippen LogP contribution is 2.16. The molecule has 106 valence electrons.